The van der Waals surface area contributed by atoms with Crippen molar-refractivity contribution in [3.05, 3.63) is 165 Å². The first-order chi connectivity index (χ1) is 31.4. The van der Waals surface area contributed by atoms with E-state index in [1.165, 1.54) is 60.9 Å². The average molecular weight is 889 g/mol. The molecule has 0 saturated carbocycles. The van der Waals surface area contributed by atoms with Crippen molar-refractivity contribution in [3.63, 3.8) is 0 Å². The number of halogens is 6. The zero-order valence-electron chi connectivity index (χ0n) is 34.5. The Labute approximate surface area is 366 Å². The Morgan fingerprint density at radius 1 is 0.569 bits per heavy atom. The van der Waals surface area contributed by atoms with E-state index < -0.39 is 46.0 Å². The van der Waals surface area contributed by atoms with Crippen molar-refractivity contribution in [2.45, 2.75) is 24.9 Å². The van der Waals surface area contributed by atoms with Gasteiger partial charge in [-0.25, -0.2) is 46.3 Å². The summed E-state index contributed by atoms with van der Waals surface area (Å²) in [7, 11) is 1.96. The minimum atomic E-state index is -0.800. The maximum Gasteiger partial charge on any atom is 0.259 e. The lowest BCUT2D eigenvalue weighted by Crippen LogP contribution is -2.28. The Bertz CT molecular complexity index is 3160. The number of hydrogen-bond donors (Lipinski definition) is 3. The van der Waals surface area contributed by atoms with Gasteiger partial charge < -0.3 is 30.0 Å². The molecular weight excluding hydrogens is 851 g/mol. The lowest BCUT2D eigenvalue weighted by Gasteiger charge is -2.20. The van der Waals surface area contributed by atoms with Crippen molar-refractivity contribution in [1.82, 2.24) is 39.3 Å². The molecule has 0 radical (unpaired) electrons. The van der Waals surface area contributed by atoms with Crippen LogP contribution in [0.3, 0.4) is 0 Å². The van der Waals surface area contributed by atoms with Crippen LogP contribution in [0.2, 0.25) is 0 Å². The van der Waals surface area contributed by atoms with Crippen LogP contribution >= 0.6 is 0 Å². The van der Waals surface area contributed by atoms with Gasteiger partial charge in [-0.05, 0) is 93.6 Å². The van der Waals surface area contributed by atoms with Crippen LogP contribution in [-0.4, -0.2) is 67.2 Å². The molecule has 2 fully saturated rings. The fourth-order valence-corrected chi connectivity index (χ4v) is 8.34. The second-order valence-electron chi connectivity index (χ2n) is 15.7. The van der Waals surface area contributed by atoms with Gasteiger partial charge in [0.25, 0.3) is 11.1 Å². The van der Waals surface area contributed by atoms with Gasteiger partial charge in [-0.1, -0.05) is 12.1 Å². The Morgan fingerprint density at radius 2 is 1.03 bits per heavy atom. The molecule has 0 amide bonds. The fourth-order valence-electron chi connectivity index (χ4n) is 8.34. The molecule has 8 aromatic rings. The zero-order valence-corrected chi connectivity index (χ0v) is 34.5. The standard InChI is InChI=1S/C24H20F3N5O.C23H18F3N5O/c1-31-8-7-16(13-31)32-20-10-22(30-21-6-5-15(25)12-29-21)28-11-14(20)9-17(24(32)33)23-18(26)3-2-4-19(23)27;24-14-4-5-20(29-11-14)30-21-9-19-13(10-28-21)8-16(22-17(25)2-1-3-18(22)26)23(32)31(19)15-6-7-27-12-15/h2-6,9-12,16H,7-8,13H2,1H3,(H,28,29,30);1-5,8-11,15,27H,6-7,12H2,(H,28,29,30)/t16-;15-/m00/s1. The molecule has 2 aromatic carbocycles. The van der Waals surface area contributed by atoms with Crippen LogP contribution < -0.4 is 27.1 Å². The summed E-state index contributed by atoms with van der Waals surface area (Å²) in [6.45, 7) is 2.71. The van der Waals surface area contributed by atoms with Gasteiger partial charge in [0, 0.05) is 48.4 Å². The van der Waals surface area contributed by atoms with Gasteiger partial charge in [-0.3, -0.25) is 9.59 Å². The molecular formula is C47H38F6N10O2. The van der Waals surface area contributed by atoms with Crippen molar-refractivity contribution >= 4 is 45.1 Å². The number of hydrogen-bond acceptors (Lipinski definition) is 10. The molecule has 18 heteroatoms. The number of likely N-dealkylation sites (N-methyl/N-ethyl adjacent to an activating group) is 1. The van der Waals surface area contributed by atoms with E-state index in [4.69, 9.17) is 0 Å². The number of fused-ring (bicyclic) bond motifs is 2. The topological polar surface area (TPSA) is 135 Å². The highest BCUT2D eigenvalue weighted by Gasteiger charge is 2.28. The molecule has 0 spiro atoms. The van der Waals surface area contributed by atoms with Crippen LogP contribution in [0.1, 0.15) is 24.9 Å². The number of likely N-dealkylation sites (tertiary alicyclic amines) is 1. The largest absolute Gasteiger partial charge is 0.325 e. The third kappa shape index (κ3) is 8.77. The SMILES string of the molecule is CN1CC[C@H](n2c(=O)c(-c3c(F)cccc3F)cc3cnc(Nc4ccc(F)cn4)cc32)C1.O=c1c(-c2c(F)cccc2F)cc2cnc(Nc3ccc(F)cn3)cc2n1[C@H]1CCNC1. The third-order valence-corrected chi connectivity index (χ3v) is 11.4. The molecule has 12 nitrogen and oxygen atoms in total. The van der Waals surface area contributed by atoms with Crippen LogP contribution in [0.25, 0.3) is 44.1 Å². The summed E-state index contributed by atoms with van der Waals surface area (Å²) >= 11 is 0. The number of nitrogens with one attached hydrogen (secondary N) is 3. The summed E-state index contributed by atoms with van der Waals surface area (Å²) in [4.78, 5) is 45.8. The third-order valence-electron chi connectivity index (χ3n) is 11.4. The van der Waals surface area contributed by atoms with E-state index in [0.717, 1.165) is 56.2 Å². The van der Waals surface area contributed by atoms with Crippen molar-refractivity contribution in [3.8, 4) is 22.3 Å². The van der Waals surface area contributed by atoms with Crippen LogP contribution in [0, 0.1) is 34.9 Å². The summed E-state index contributed by atoms with van der Waals surface area (Å²) in [5.74, 6) is -2.52. The van der Waals surface area contributed by atoms with Gasteiger partial charge in [0.1, 0.15) is 58.2 Å². The lowest BCUT2D eigenvalue weighted by atomic mass is 10.0. The number of nitrogens with zero attached hydrogens (tertiary/aromatic N) is 7. The Morgan fingerprint density at radius 3 is 1.43 bits per heavy atom. The predicted molar refractivity (Wildman–Crippen MR) is 235 cm³/mol. The molecule has 330 valence electrons. The number of anilines is 4. The van der Waals surface area contributed by atoms with E-state index in [1.807, 2.05) is 7.05 Å². The van der Waals surface area contributed by atoms with E-state index in [1.54, 1.807) is 21.3 Å². The van der Waals surface area contributed by atoms with E-state index in [0.29, 0.717) is 64.6 Å². The van der Waals surface area contributed by atoms with Gasteiger partial charge in [0.15, 0.2) is 0 Å². The molecule has 0 unspecified atom stereocenters. The molecule has 8 heterocycles. The monoisotopic (exact) mass is 888 g/mol. The summed E-state index contributed by atoms with van der Waals surface area (Å²) in [6.07, 6.45) is 6.66. The van der Waals surface area contributed by atoms with Crippen molar-refractivity contribution in [1.29, 1.82) is 0 Å². The van der Waals surface area contributed by atoms with Gasteiger partial charge >= 0.3 is 0 Å². The van der Waals surface area contributed by atoms with Crippen LogP contribution in [-0.2, 0) is 0 Å². The first kappa shape index (κ1) is 42.8. The fraction of sp³-hybridized carbons (Fsp3) is 0.191. The number of rotatable bonds is 8. The molecule has 2 atom stereocenters. The van der Waals surface area contributed by atoms with Crippen molar-refractivity contribution in [2.75, 3.05) is 43.9 Å². The molecule has 2 aliphatic heterocycles. The maximum absolute atomic E-state index is 14.6. The first-order valence-electron chi connectivity index (χ1n) is 20.6. The van der Waals surface area contributed by atoms with E-state index >= 15 is 0 Å². The quantitative estimate of drug-likeness (QED) is 0.127. The summed E-state index contributed by atoms with van der Waals surface area (Å²) in [6, 6.07) is 18.5. The molecule has 2 aliphatic rings. The Hall–Kier alpha value is -7.44. The van der Waals surface area contributed by atoms with Gasteiger partial charge in [0.2, 0.25) is 0 Å². The first-order valence-corrected chi connectivity index (χ1v) is 20.6. The van der Waals surface area contributed by atoms with Crippen molar-refractivity contribution in [2.24, 2.45) is 0 Å². The molecule has 2 saturated heterocycles. The van der Waals surface area contributed by atoms with E-state index in [-0.39, 0.29) is 34.3 Å². The predicted octanol–water partition coefficient (Wildman–Crippen LogP) is 8.65. The average Bonchev–Trinajstić information content (AvgIpc) is 3.98. The van der Waals surface area contributed by atoms with Crippen LogP contribution in [0.4, 0.5) is 49.6 Å². The smallest absolute Gasteiger partial charge is 0.259 e. The highest BCUT2D eigenvalue weighted by atomic mass is 19.2. The van der Waals surface area contributed by atoms with Gasteiger partial charge in [-0.2, -0.15) is 0 Å². The summed E-state index contributed by atoms with van der Waals surface area (Å²) < 4.78 is 87.6. The Kier molecular flexibility index (Phi) is 11.8. The highest BCUT2D eigenvalue weighted by molar-refractivity contribution is 5.87. The molecule has 0 bridgehead atoms. The lowest BCUT2D eigenvalue weighted by molar-refractivity contribution is 0.393. The Balaban J connectivity index is 0.000000164. The number of pyridine rings is 6. The van der Waals surface area contributed by atoms with Gasteiger partial charge in [0.05, 0.1) is 57.8 Å². The number of aromatic nitrogens is 6. The minimum Gasteiger partial charge on any atom is -0.325 e. The highest BCUT2D eigenvalue weighted by Crippen LogP contribution is 2.32. The zero-order chi connectivity index (χ0) is 45.4. The molecule has 3 N–H and O–H groups in total. The van der Waals surface area contributed by atoms with Gasteiger partial charge in [-0.15, -0.1) is 0 Å². The molecule has 65 heavy (non-hydrogen) atoms. The van der Waals surface area contributed by atoms with Crippen LogP contribution in [0.5, 0.6) is 0 Å². The molecule has 10 rings (SSSR count). The summed E-state index contributed by atoms with van der Waals surface area (Å²) in [5.41, 5.74) is -0.586. The normalized spacial score (nSPS) is 16.2. The molecule has 0 aliphatic carbocycles. The van der Waals surface area contributed by atoms with Crippen molar-refractivity contribution < 1.29 is 26.3 Å². The second kappa shape index (κ2) is 18.0. The summed E-state index contributed by atoms with van der Waals surface area (Å²) in [5, 5.41) is 10.3. The number of benzene rings is 2. The van der Waals surface area contributed by atoms with E-state index in [2.05, 4.69) is 40.8 Å². The molecule has 6 aromatic heterocycles. The van der Waals surface area contributed by atoms with E-state index in [9.17, 15) is 35.9 Å². The second-order valence-corrected chi connectivity index (χ2v) is 15.7. The van der Waals surface area contributed by atoms with Crippen LogP contribution in [0.15, 0.2) is 119 Å². The maximum atomic E-state index is 14.6. The minimum absolute atomic E-state index is 0.0460.